The summed E-state index contributed by atoms with van der Waals surface area (Å²) in [5.41, 5.74) is 2.57. The van der Waals surface area contributed by atoms with Crippen LogP contribution in [0.4, 0.5) is 0 Å². The van der Waals surface area contributed by atoms with Gasteiger partial charge in [-0.2, -0.15) is 0 Å². The second kappa shape index (κ2) is 10.1. The number of hydrogen-bond donors (Lipinski definition) is 1. The van der Waals surface area contributed by atoms with Crippen molar-refractivity contribution >= 4 is 27.8 Å². The van der Waals surface area contributed by atoms with Crippen molar-refractivity contribution < 1.29 is 19.1 Å². The number of methoxy groups -OCH3 is 2. The van der Waals surface area contributed by atoms with Gasteiger partial charge in [0.15, 0.2) is 0 Å². The Morgan fingerprint density at radius 1 is 1.20 bits per heavy atom. The smallest absolute Gasteiger partial charge is 0.337 e. The molecule has 1 fully saturated rings. The number of nitrogens with zero attached hydrogens (tertiary/aromatic N) is 1. The van der Waals surface area contributed by atoms with Gasteiger partial charge in [0.2, 0.25) is 5.91 Å². The minimum atomic E-state index is -0.370. The quantitative estimate of drug-likeness (QED) is 0.612. The Bertz CT molecular complexity index is 901. The molecule has 2 aromatic rings. The SMILES string of the molecule is COC(=O)c1ccc([C@H](C)NC(=O)[C@H]2CCCN2Cc2ccc(OC)c(Br)c2)cc1. The fraction of sp³-hybridized carbons (Fsp3) is 0.391. The van der Waals surface area contributed by atoms with Crippen molar-refractivity contribution in [2.24, 2.45) is 0 Å². The summed E-state index contributed by atoms with van der Waals surface area (Å²) >= 11 is 3.53. The lowest BCUT2D eigenvalue weighted by Crippen LogP contribution is -2.43. The number of nitrogens with one attached hydrogen (secondary N) is 1. The first-order chi connectivity index (χ1) is 14.4. The standard InChI is InChI=1S/C23H27BrN2O4/c1-15(17-7-9-18(10-8-17)23(28)30-3)25-22(27)20-5-4-12-26(20)14-16-6-11-21(29-2)19(24)13-16/h6-11,13,15,20H,4-5,12,14H2,1-3H3,(H,25,27)/t15-,20+/m0/s1. The molecule has 0 aromatic heterocycles. The van der Waals surface area contributed by atoms with Crippen molar-refractivity contribution in [3.63, 3.8) is 0 Å². The van der Waals surface area contributed by atoms with Crippen LogP contribution < -0.4 is 10.1 Å². The first kappa shape index (κ1) is 22.3. The zero-order valence-electron chi connectivity index (χ0n) is 17.5. The van der Waals surface area contributed by atoms with E-state index in [1.807, 2.05) is 37.3 Å². The second-order valence-electron chi connectivity index (χ2n) is 7.44. The zero-order valence-corrected chi connectivity index (χ0v) is 19.1. The van der Waals surface area contributed by atoms with E-state index in [9.17, 15) is 9.59 Å². The Kier molecular flexibility index (Phi) is 7.50. The molecular formula is C23H27BrN2O4. The third-order valence-corrected chi connectivity index (χ3v) is 6.08. The molecule has 1 N–H and O–H groups in total. The molecule has 2 atom stereocenters. The molecule has 2 aromatic carbocycles. The number of carbonyl (C=O) groups excluding carboxylic acids is 2. The number of amides is 1. The average Bonchev–Trinajstić information content (AvgIpc) is 3.21. The van der Waals surface area contributed by atoms with E-state index in [0.29, 0.717) is 12.1 Å². The highest BCUT2D eigenvalue weighted by molar-refractivity contribution is 9.10. The number of rotatable bonds is 7. The molecule has 0 saturated carbocycles. The molecule has 0 unspecified atom stereocenters. The molecular weight excluding hydrogens is 448 g/mol. The van der Waals surface area contributed by atoms with Crippen molar-refractivity contribution in [2.45, 2.75) is 38.4 Å². The van der Waals surface area contributed by atoms with E-state index in [4.69, 9.17) is 9.47 Å². The van der Waals surface area contributed by atoms with Gasteiger partial charge in [0, 0.05) is 6.54 Å². The lowest BCUT2D eigenvalue weighted by Gasteiger charge is -2.26. The highest BCUT2D eigenvalue weighted by Crippen LogP contribution is 2.28. The number of hydrogen-bond acceptors (Lipinski definition) is 5. The summed E-state index contributed by atoms with van der Waals surface area (Å²) in [5.74, 6) is 0.455. The summed E-state index contributed by atoms with van der Waals surface area (Å²) in [6.45, 7) is 3.55. The number of carbonyl (C=O) groups is 2. The van der Waals surface area contributed by atoms with Gasteiger partial charge in [-0.15, -0.1) is 0 Å². The molecule has 0 aliphatic carbocycles. The van der Waals surface area contributed by atoms with Crippen LogP contribution >= 0.6 is 15.9 Å². The number of likely N-dealkylation sites (tertiary alicyclic amines) is 1. The topological polar surface area (TPSA) is 67.9 Å². The van der Waals surface area contributed by atoms with Crippen LogP contribution in [0.1, 0.15) is 47.3 Å². The minimum absolute atomic E-state index is 0.0321. The fourth-order valence-electron chi connectivity index (χ4n) is 3.77. The summed E-state index contributed by atoms with van der Waals surface area (Å²) in [4.78, 5) is 26.8. The minimum Gasteiger partial charge on any atom is -0.496 e. The molecule has 1 heterocycles. The van der Waals surface area contributed by atoms with Crippen molar-refractivity contribution in [2.75, 3.05) is 20.8 Å². The monoisotopic (exact) mass is 474 g/mol. The Morgan fingerprint density at radius 2 is 1.93 bits per heavy atom. The third-order valence-electron chi connectivity index (χ3n) is 5.46. The van der Waals surface area contributed by atoms with Gasteiger partial charge in [-0.3, -0.25) is 9.69 Å². The van der Waals surface area contributed by atoms with Crippen molar-refractivity contribution in [1.29, 1.82) is 0 Å². The van der Waals surface area contributed by atoms with E-state index < -0.39 is 0 Å². The largest absolute Gasteiger partial charge is 0.496 e. The van der Waals surface area contributed by atoms with Crippen molar-refractivity contribution in [3.05, 3.63) is 63.6 Å². The number of benzene rings is 2. The summed E-state index contributed by atoms with van der Waals surface area (Å²) < 4.78 is 10.9. The van der Waals surface area contributed by atoms with Crippen molar-refractivity contribution in [3.8, 4) is 5.75 Å². The Balaban J connectivity index is 1.62. The molecule has 0 radical (unpaired) electrons. The van der Waals surface area contributed by atoms with E-state index in [1.54, 1.807) is 19.2 Å². The van der Waals surface area contributed by atoms with E-state index in [-0.39, 0.29) is 24.0 Å². The summed E-state index contributed by atoms with van der Waals surface area (Å²) in [5, 5.41) is 3.12. The van der Waals surface area contributed by atoms with Crippen LogP contribution in [-0.4, -0.2) is 43.6 Å². The molecule has 30 heavy (non-hydrogen) atoms. The van der Waals surface area contributed by atoms with Gasteiger partial charge in [0.25, 0.3) is 0 Å². The molecule has 0 spiro atoms. The van der Waals surface area contributed by atoms with Crippen LogP contribution in [0, 0.1) is 0 Å². The molecule has 1 aliphatic heterocycles. The average molecular weight is 475 g/mol. The molecule has 6 nitrogen and oxygen atoms in total. The normalized spacial score (nSPS) is 17.4. The summed E-state index contributed by atoms with van der Waals surface area (Å²) in [7, 11) is 3.00. The predicted octanol–water partition coefficient (Wildman–Crippen LogP) is 4.09. The van der Waals surface area contributed by atoms with Gasteiger partial charge in [0.1, 0.15) is 5.75 Å². The van der Waals surface area contributed by atoms with Crippen LogP contribution in [-0.2, 0) is 16.1 Å². The second-order valence-corrected chi connectivity index (χ2v) is 8.30. The Morgan fingerprint density at radius 3 is 2.57 bits per heavy atom. The molecule has 0 bridgehead atoms. The highest BCUT2D eigenvalue weighted by atomic mass is 79.9. The molecule has 1 saturated heterocycles. The van der Waals surface area contributed by atoms with Gasteiger partial charge >= 0.3 is 5.97 Å². The number of ether oxygens (including phenoxy) is 2. The van der Waals surface area contributed by atoms with Gasteiger partial charge < -0.3 is 14.8 Å². The number of halogens is 1. The molecule has 1 amide bonds. The first-order valence-corrected chi connectivity index (χ1v) is 10.8. The van der Waals surface area contributed by atoms with Crippen molar-refractivity contribution in [1.82, 2.24) is 10.2 Å². The van der Waals surface area contributed by atoms with Crippen LogP contribution in [0.3, 0.4) is 0 Å². The molecule has 7 heteroatoms. The van der Waals surface area contributed by atoms with Gasteiger partial charge in [-0.25, -0.2) is 4.79 Å². The predicted molar refractivity (Wildman–Crippen MR) is 118 cm³/mol. The maximum atomic E-state index is 13.0. The summed E-state index contributed by atoms with van der Waals surface area (Å²) in [6.07, 6.45) is 1.84. The van der Waals surface area contributed by atoms with Crippen LogP contribution in [0.25, 0.3) is 0 Å². The third kappa shape index (κ3) is 5.21. The van der Waals surface area contributed by atoms with Gasteiger partial charge in [-0.1, -0.05) is 18.2 Å². The van der Waals surface area contributed by atoms with Crippen LogP contribution in [0.2, 0.25) is 0 Å². The Labute approximate surface area is 185 Å². The van der Waals surface area contributed by atoms with Crippen LogP contribution in [0.15, 0.2) is 46.9 Å². The molecule has 3 rings (SSSR count). The highest BCUT2D eigenvalue weighted by Gasteiger charge is 2.31. The Hall–Kier alpha value is -2.38. The van der Waals surface area contributed by atoms with E-state index in [0.717, 1.165) is 40.7 Å². The molecule has 1 aliphatic rings. The fourth-order valence-corrected chi connectivity index (χ4v) is 4.36. The van der Waals surface area contributed by atoms with Crippen LogP contribution in [0.5, 0.6) is 5.75 Å². The summed E-state index contributed by atoms with van der Waals surface area (Å²) in [6, 6.07) is 12.8. The maximum absolute atomic E-state index is 13.0. The molecule has 160 valence electrons. The lowest BCUT2D eigenvalue weighted by molar-refractivity contribution is -0.126. The number of esters is 1. The first-order valence-electron chi connectivity index (χ1n) is 9.98. The van der Waals surface area contributed by atoms with E-state index in [2.05, 4.69) is 26.1 Å². The van der Waals surface area contributed by atoms with Gasteiger partial charge in [0.05, 0.1) is 36.3 Å². The lowest BCUT2D eigenvalue weighted by atomic mass is 10.1. The maximum Gasteiger partial charge on any atom is 0.337 e. The zero-order chi connectivity index (χ0) is 21.7. The van der Waals surface area contributed by atoms with Gasteiger partial charge in [-0.05, 0) is 77.6 Å². The van der Waals surface area contributed by atoms with E-state index >= 15 is 0 Å². The van der Waals surface area contributed by atoms with E-state index in [1.165, 1.54) is 7.11 Å².